The Balaban J connectivity index is 4.08. The van der Waals surface area contributed by atoms with Crippen molar-refractivity contribution in [1.82, 2.24) is 4.90 Å². The lowest BCUT2D eigenvalue weighted by Gasteiger charge is -2.24. The number of carbonyl (C=O) groups excluding carboxylic acids is 1. The van der Waals surface area contributed by atoms with Crippen LogP contribution in [0.5, 0.6) is 0 Å². The van der Waals surface area contributed by atoms with Crippen LogP contribution in [0.15, 0.2) is 0 Å². The number of amides is 1. The zero-order chi connectivity index (χ0) is 11.7. The highest BCUT2D eigenvalue weighted by molar-refractivity contribution is 5.81. The Morgan fingerprint density at radius 2 is 1.87 bits per heavy atom. The van der Waals surface area contributed by atoms with Gasteiger partial charge in [-0.15, -0.1) is 0 Å². The van der Waals surface area contributed by atoms with Gasteiger partial charge in [-0.1, -0.05) is 19.8 Å². The van der Waals surface area contributed by atoms with E-state index in [0.29, 0.717) is 6.42 Å². The minimum atomic E-state index is -0.511. The van der Waals surface area contributed by atoms with E-state index in [1.807, 2.05) is 6.92 Å². The van der Waals surface area contributed by atoms with Gasteiger partial charge in [0, 0.05) is 13.1 Å². The van der Waals surface area contributed by atoms with Crippen LogP contribution >= 0.6 is 0 Å². The minimum absolute atomic E-state index is 0.105. The van der Waals surface area contributed by atoms with Crippen molar-refractivity contribution in [3.63, 3.8) is 0 Å². The Kier molecular flexibility index (Phi) is 8.27. The van der Waals surface area contributed by atoms with Crippen LogP contribution in [0.3, 0.4) is 0 Å². The maximum absolute atomic E-state index is 11.7. The summed E-state index contributed by atoms with van der Waals surface area (Å²) in [6.07, 6.45) is 2.57. The fourth-order valence-electron chi connectivity index (χ4n) is 1.36. The van der Waals surface area contributed by atoms with Crippen molar-refractivity contribution in [3.05, 3.63) is 0 Å². The van der Waals surface area contributed by atoms with E-state index in [0.717, 1.165) is 12.8 Å². The average molecular weight is 218 g/mol. The molecule has 4 N–H and O–H groups in total. The molecule has 0 aliphatic heterocycles. The lowest BCUT2D eigenvalue weighted by atomic mass is 10.1. The molecule has 90 valence electrons. The molecule has 1 atom stereocenters. The van der Waals surface area contributed by atoms with E-state index >= 15 is 0 Å². The molecular formula is C10H22N2O3. The van der Waals surface area contributed by atoms with Crippen molar-refractivity contribution in [2.45, 2.75) is 32.2 Å². The zero-order valence-electron chi connectivity index (χ0n) is 9.35. The van der Waals surface area contributed by atoms with Gasteiger partial charge in [0.1, 0.15) is 0 Å². The third-order valence-electron chi connectivity index (χ3n) is 2.24. The summed E-state index contributed by atoms with van der Waals surface area (Å²) in [6, 6.07) is -0.511. The van der Waals surface area contributed by atoms with Crippen LogP contribution in [0.1, 0.15) is 26.2 Å². The summed E-state index contributed by atoms with van der Waals surface area (Å²) in [7, 11) is 0. The van der Waals surface area contributed by atoms with E-state index in [2.05, 4.69) is 0 Å². The number of carbonyl (C=O) groups is 1. The van der Waals surface area contributed by atoms with E-state index < -0.39 is 6.04 Å². The van der Waals surface area contributed by atoms with E-state index in [1.165, 1.54) is 4.90 Å². The number of unbranched alkanes of at least 4 members (excludes halogenated alkanes) is 1. The lowest BCUT2D eigenvalue weighted by Crippen LogP contribution is -2.46. The fourth-order valence-corrected chi connectivity index (χ4v) is 1.36. The molecule has 0 heterocycles. The highest BCUT2D eigenvalue weighted by Crippen LogP contribution is 2.02. The summed E-state index contributed by atoms with van der Waals surface area (Å²) < 4.78 is 0. The molecular weight excluding hydrogens is 196 g/mol. The van der Waals surface area contributed by atoms with Crippen LogP contribution in [0.2, 0.25) is 0 Å². The molecule has 0 saturated carbocycles. The van der Waals surface area contributed by atoms with Gasteiger partial charge in [0.2, 0.25) is 5.91 Å². The van der Waals surface area contributed by atoms with E-state index in [1.54, 1.807) is 0 Å². The molecule has 0 bridgehead atoms. The smallest absolute Gasteiger partial charge is 0.239 e. The van der Waals surface area contributed by atoms with Gasteiger partial charge in [-0.05, 0) is 6.42 Å². The molecule has 5 heteroatoms. The standard InChI is InChI=1S/C10H22N2O3/c1-2-3-4-9(11)10(15)12(5-7-13)6-8-14/h9,13-14H,2-8,11H2,1H3/t9-/m0/s1. The molecule has 0 aliphatic rings. The van der Waals surface area contributed by atoms with Gasteiger partial charge in [0.15, 0.2) is 0 Å². The second-order valence-corrected chi connectivity index (χ2v) is 3.52. The first-order valence-corrected chi connectivity index (χ1v) is 5.43. The molecule has 0 aliphatic carbocycles. The van der Waals surface area contributed by atoms with Crippen molar-refractivity contribution >= 4 is 5.91 Å². The molecule has 0 fully saturated rings. The van der Waals surface area contributed by atoms with Crippen LogP contribution in [-0.4, -0.2) is 53.4 Å². The summed E-state index contributed by atoms with van der Waals surface area (Å²) in [4.78, 5) is 13.1. The Hall–Kier alpha value is -0.650. The number of aliphatic hydroxyl groups is 2. The number of hydrogen-bond acceptors (Lipinski definition) is 4. The summed E-state index contributed by atoms with van der Waals surface area (Å²) in [5, 5.41) is 17.5. The predicted octanol–water partition coefficient (Wildman–Crippen LogP) is -0.683. The van der Waals surface area contributed by atoms with Crippen LogP contribution < -0.4 is 5.73 Å². The van der Waals surface area contributed by atoms with Gasteiger partial charge in [-0.2, -0.15) is 0 Å². The van der Waals surface area contributed by atoms with Gasteiger partial charge in [-0.3, -0.25) is 4.79 Å². The Morgan fingerprint density at radius 3 is 2.27 bits per heavy atom. The summed E-state index contributed by atoms with van der Waals surface area (Å²) in [6.45, 7) is 2.30. The van der Waals surface area contributed by atoms with Crippen molar-refractivity contribution < 1.29 is 15.0 Å². The first-order valence-electron chi connectivity index (χ1n) is 5.43. The Bertz CT molecular complexity index is 170. The predicted molar refractivity (Wildman–Crippen MR) is 58.3 cm³/mol. The zero-order valence-corrected chi connectivity index (χ0v) is 9.35. The maximum Gasteiger partial charge on any atom is 0.239 e. The largest absolute Gasteiger partial charge is 0.395 e. The first-order chi connectivity index (χ1) is 7.17. The normalized spacial score (nSPS) is 12.5. The number of nitrogens with two attached hydrogens (primary N) is 1. The van der Waals surface area contributed by atoms with E-state index in [4.69, 9.17) is 15.9 Å². The van der Waals surface area contributed by atoms with Crippen LogP contribution in [-0.2, 0) is 4.79 Å². The molecule has 1 amide bonds. The van der Waals surface area contributed by atoms with Crippen LogP contribution in [0, 0.1) is 0 Å². The molecule has 15 heavy (non-hydrogen) atoms. The molecule has 0 aromatic heterocycles. The van der Waals surface area contributed by atoms with Crippen molar-refractivity contribution in [2.24, 2.45) is 5.73 Å². The molecule has 0 unspecified atom stereocenters. The molecule has 0 rings (SSSR count). The number of aliphatic hydroxyl groups excluding tert-OH is 2. The molecule has 0 aromatic carbocycles. The van der Waals surface area contributed by atoms with Gasteiger partial charge >= 0.3 is 0 Å². The molecule has 5 nitrogen and oxygen atoms in total. The van der Waals surface area contributed by atoms with E-state index in [9.17, 15) is 4.79 Å². The van der Waals surface area contributed by atoms with E-state index in [-0.39, 0.29) is 32.2 Å². The summed E-state index contributed by atoms with van der Waals surface area (Å²) in [5.41, 5.74) is 5.71. The fraction of sp³-hybridized carbons (Fsp3) is 0.900. The topological polar surface area (TPSA) is 86.8 Å². The van der Waals surface area contributed by atoms with Crippen LogP contribution in [0.4, 0.5) is 0 Å². The van der Waals surface area contributed by atoms with Crippen LogP contribution in [0.25, 0.3) is 0 Å². The van der Waals surface area contributed by atoms with Gasteiger partial charge in [0.25, 0.3) is 0 Å². The monoisotopic (exact) mass is 218 g/mol. The van der Waals surface area contributed by atoms with Crippen molar-refractivity contribution in [2.75, 3.05) is 26.3 Å². The van der Waals surface area contributed by atoms with Gasteiger partial charge in [0.05, 0.1) is 19.3 Å². The van der Waals surface area contributed by atoms with Crippen molar-refractivity contribution in [1.29, 1.82) is 0 Å². The first kappa shape index (κ1) is 14.3. The summed E-state index contributed by atoms with van der Waals surface area (Å²) in [5.74, 6) is -0.188. The second-order valence-electron chi connectivity index (χ2n) is 3.52. The molecule has 0 saturated heterocycles. The van der Waals surface area contributed by atoms with Crippen molar-refractivity contribution in [3.8, 4) is 0 Å². The molecule has 0 radical (unpaired) electrons. The quantitative estimate of drug-likeness (QED) is 0.503. The van der Waals surface area contributed by atoms with Gasteiger partial charge < -0.3 is 20.8 Å². The minimum Gasteiger partial charge on any atom is -0.395 e. The maximum atomic E-state index is 11.7. The highest BCUT2D eigenvalue weighted by Gasteiger charge is 2.19. The molecule has 0 spiro atoms. The molecule has 0 aromatic rings. The Labute approximate surface area is 90.9 Å². The number of nitrogens with zero attached hydrogens (tertiary/aromatic N) is 1. The Morgan fingerprint density at radius 1 is 1.33 bits per heavy atom. The number of hydrogen-bond donors (Lipinski definition) is 3. The SMILES string of the molecule is CCCC[C@H](N)C(=O)N(CCO)CCO. The summed E-state index contributed by atoms with van der Waals surface area (Å²) >= 11 is 0. The lowest BCUT2D eigenvalue weighted by molar-refractivity contribution is -0.133. The third-order valence-corrected chi connectivity index (χ3v) is 2.24. The number of rotatable bonds is 8. The second kappa shape index (κ2) is 8.64. The third kappa shape index (κ3) is 5.71. The van der Waals surface area contributed by atoms with Gasteiger partial charge in [-0.25, -0.2) is 0 Å². The highest BCUT2D eigenvalue weighted by atomic mass is 16.3. The average Bonchev–Trinajstić information content (AvgIpc) is 2.24.